The van der Waals surface area contributed by atoms with E-state index >= 15 is 0 Å². The van der Waals surface area contributed by atoms with Crippen LogP contribution in [0.15, 0.2) is 30.3 Å². The third-order valence-corrected chi connectivity index (χ3v) is 3.63. The van der Waals surface area contributed by atoms with Crippen LogP contribution in [0.2, 0.25) is 0 Å². The first-order chi connectivity index (χ1) is 7.71. The molecule has 0 amide bonds. The molecule has 16 heavy (non-hydrogen) atoms. The van der Waals surface area contributed by atoms with Gasteiger partial charge in [-0.25, -0.2) is 0 Å². The highest BCUT2D eigenvalue weighted by Gasteiger charge is 2.35. The fourth-order valence-corrected chi connectivity index (χ4v) is 2.49. The van der Waals surface area contributed by atoms with E-state index in [1.807, 2.05) is 18.2 Å². The molecule has 0 heterocycles. The van der Waals surface area contributed by atoms with Crippen LogP contribution >= 0.6 is 0 Å². The quantitative estimate of drug-likeness (QED) is 0.774. The van der Waals surface area contributed by atoms with Gasteiger partial charge in [0.2, 0.25) is 0 Å². The van der Waals surface area contributed by atoms with Gasteiger partial charge in [0, 0.05) is 18.6 Å². The Kier molecular flexibility index (Phi) is 4.97. The van der Waals surface area contributed by atoms with E-state index in [1.54, 1.807) is 0 Å². The normalized spacial score (nSPS) is 16.8. The molecule has 3 N–H and O–H groups in total. The van der Waals surface area contributed by atoms with Crippen LogP contribution in [0, 0.1) is 5.92 Å². The monoisotopic (exact) mass is 221 g/mol. The van der Waals surface area contributed by atoms with Gasteiger partial charge in [-0.1, -0.05) is 50.6 Å². The fraction of sp³-hybridized carbons (Fsp3) is 0.571. The molecule has 2 atom stereocenters. The zero-order valence-electron chi connectivity index (χ0n) is 10.3. The Balaban J connectivity index is 3.11. The van der Waals surface area contributed by atoms with Crippen molar-refractivity contribution >= 4 is 0 Å². The van der Waals surface area contributed by atoms with Crippen LogP contribution in [0.4, 0.5) is 0 Å². The molecular weight excluding hydrogens is 198 g/mol. The number of hydrogen-bond acceptors (Lipinski definition) is 2. The molecule has 1 aromatic carbocycles. The lowest BCUT2D eigenvalue weighted by Crippen LogP contribution is -2.42. The summed E-state index contributed by atoms with van der Waals surface area (Å²) in [6, 6.07) is 10.3. The highest BCUT2D eigenvalue weighted by molar-refractivity contribution is 5.27. The van der Waals surface area contributed by atoms with Gasteiger partial charge in [0.05, 0.1) is 0 Å². The Labute approximate surface area is 98.5 Å². The first-order valence-electron chi connectivity index (χ1n) is 6.07. The Morgan fingerprint density at radius 3 is 2.38 bits per heavy atom. The van der Waals surface area contributed by atoms with Crippen molar-refractivity contribution < 1.29 is 5.11 Å². The second-order valence-corrected chi connectivity index (χ2v) is 4.56. The topological polar surface area (TPSA) is 46.2 Å². The van der Waals surface area contributed by atoms with E-state index in [1.165, 1.54) is 5.56 Å². The summed E-state index contributed by atoms with van der Waals surface area (Å²) in [5.74, 6) is 0.194. The van der Waals surface area contributed by atoms with E-state index in [0.29, 0.717) is 6.54 Å². The predicted molar refractivity (Wildman–Crippen MR) is 68.3 cm³/mol. The summed E-state index contributed by atoms with van der Waals surface area (Å²) in [4.78, 5) is 0. The summed E-state index contributed by atoms with van der Waals surface area (Å²) < 4.78 is 0. The lowest BCUT2D eigenvalue weighted by Gasteiger charge is -2.38. The maximum atomic E-state index is 9.43. The van der Waals surface area contributed by atoms with Gasteiger partial charge < -0.3 is 10.8 Å². The largest absolute Gasteiger partial charge is 0.396 e. The molecule has 0 unspecified atom stereocenters. The molecule has 0 spiro atoms. The molecule has 2 heteroatoms. The standard InChI is InChI=1S/C14H23NO/c1-3-9-14(11-15,12(2)10-16)13-7-5-4-6-8-13/h4-8,12,16H,3,9-11,15H2,1-2H3/t12-,14-/m1/s1. The zero-order valence-corrected chi connectivity index (χ0v) is 10.3. The molecule has 0 bridgehead atoms. The predicted octanol–water partition coefficient (Wildman–Crippen LogP) is 2.31. The van der Waals surface area contributed by atoms with Crippen molar-refractivity contribution in [1.82, 2.24) is 0 Å². The average Bonchev–Trinajstić information content (AvgIpc) is 2.36. The van der Waals surface area contributed by atoms with Crippen molar-refractivity contribution in [2.24, 2.45) is 11.7 Å². The van der Waals surface area contributed by atoms with E-state index in [2.05, 4.69) is 26.0 Å². The van der Waals surface area contributed by atoms with Crippen LogP contribution in [0.1, 0.15) is 32.3 Å². The maximum Gasteiger partial charge on any atom is 0.0465 e. The van der Waals surface area contributed by atoms with E-state index in [-0.39, 0.29) is 17.9 Å². The minimum absolute atomic E-state index is 0.0786. The summed E-state index contributed by atoms with van der Waals surface area (Å²) in [5.41, 5.74) is 7.16. The summed E-state index contributed by atoms with van der Waals surface area (Å²) in [5, 5.41) is 9.43. The molecule has 0 aliphatic carbocycles. The SMILES string of the molecule is CCC[C@](CN)(c1ccccc1)[C@H](C)CO. The molecule has 0 aromatic heterocycles. The molecule has 2 nitrogen and oxygen atoms in total. The summed E-state index contributed by atoms with van der Waals surface area (Å²) >= 11 is 0. The molecule has 0 aliphatic heterocycles. The number of aliphatic hydroxyl groups is 1. The van der Waals surface area contributed by atoms with Crippen LogP contribution in [-0.4, -0.2) is 18.3 Å². The van der Waals surface area contributed by atoms with Crippen LogP contribution in [-0.2, 0) is 5.41 Å². The third kappa shape index (κ3) is 2.45. The Morgan fingerprint density at radius 1 is 1.31 bits per heavy atom. The maximum absolute atomic E-state index is 9.43. The van der Waals surface area contributed by atoms with Gasteiger partial charge in [0.15, 0.2) is 0 Å². The second kappa shape index (κ2) is 6.02. The van der Waals surface area contributed by atoms with Crippen LogP contribution < -0.4 is 5.73 Å². The van der Waals surface area contributed by atoms with Crippen molar-refractivity contribution in [3.8, 4) is 0 Å². The highest BCUT2D eigenvalue weighted by atomic mass is 16.3. The summed E-state index contributed by atoms with van der Waals surface area (Å²) in [7, 11) is 0. The number of hydrogen-bond donors (Lipinski definition) is 2. The molecule has 0 aliphatic rings. The van der Waals surface area contributed by atoms with E-state index < -0.39 is 0 Å². The molecule has 0 saturated heterocycles. The Bertz CT molecular complexity index is 299. The number of aliphatic hydroxyl groups excluding tert-OH is 1. The molecule has 90 valence electrons. The lowest BCUT2D eigenvalue weighted by molar-refractivity contribution is 0.156. The molecule has 0 saturated carbocycles. The third-order valence-electron chi connectivity index (χ3n) is 3.63. The second-order valence-electron chi connectivity index (χ2n) is 4.56. The van der Waals surface area contributed by atoms with Crippen molar-refractivity contribution in [3.63, 3.8) is 0 Å². The van der Waals surface area contributed by atoms with Gasteiger partial charge >= 0.3 is 0 Å². The van der Waals surface area contributed by atoms with Crippen molar-refractivity contribution in [3.05, 3.63) is 35.9 Å². The van der Waals surface area contributed by atoms with Crippen molar-refractivity contribution in [2.45, 2.75) is 32.1 Å². The van der Waals surface area contributed by atoms with E-state index in [4.69, 9.17) is 5.73 Å². The summed E-state index contributed by atoms with van der Waals surface area (Å²) in [6.45, 7) is 5.02. The van der Waals surface area contributed by atoms with Gasteiger partial charge in [0.25, 0.3) is 0 Å². The smallest absolute Gasteiger partial charge is 0.0465 e. The van der Waals surface area contributed by atoms with Crippen molar-refractivity contribution in [2.75, 3.05) is 13.2 Å². The Morgan fingerprint density at radius 2 is 1.94 bits per heavy atom. The van der Waals surface area contributed by atoms with Gasteiger partial charge in [-0.15, -0.1) is 0 Å². The minimum atomic E-state index is -0.0786. The molecular formula is C14H23NO. The molecule has 0 radical (unpaired) electrons. The van der Waals surface area contributed by atoms with E-state index in [0.717, 1.165) is 12.8 Å². The fourth-order valence-electron chi connectivity index (χ4n) is 2.49. The number of rotatable bonds is 6. The van der Waals surface area contributed by atoms with Gasteiger partial charge in [0.1, 0.15) is 0 Å². The van der Waals surface area contributed by atoms with Crippen LogP contribution in [0.5, 0.6) is 0 Å². The van der Waals surface area contributed by atoms with Crippen LogP contribution in [0.25, 0.3) is 0 Å². The molecule has 1 rings (SSSR count). The Hall–Kier alpha value is -0.860. The lowest BCUT2D eigenvalue weighted by atomic mass is 9.68. The van der Waals surface area contributed by atoms with Gasteiger partial charge in [-0.2, -0.15) is 0 Å². The first-order valence-corrected chi connectivity index (χ1v) is 6.07. The van der Waals surface area contributed by atoms with Gasteiger partial charge in [-0.3, -0.25) is 0 Å². The van der Waals surface area contributed by atoms with Gasteiger partial charge in [-0.05, 0) is 17.9 Å². The molecule has 0 fully saturated rings. The van der Waals surface area contributed by atoms with E-state index in [9.17, 15) is 5.11 Å². The highest BCUT2D eigenvalue weighted by Crippen LogP contribution is 2.35. The average molecular weight is 221 g/mol. The number of nitrogens with two attached hydrogens (primary N) is 1. The van der Waals surface area contributed by atoms with Crippen LogP contribution in [0.3, 0.4) is 0 Å². The van der Waals surface area contributed by atoms with Crippen molar-refractivity contribution in [1.29, 1.82) is 0 Å². The minimum Gasteiger partial charge on any atom is -0.396 e. The first kappa shape index (κ1) is 13.2. The number of benzene rings is 1. The zero-order chi connectivity index (χ0) is 12.0. The molecule has 1 aromatic rings. The summed E-state index contributed by atoms with van der Waals surface area (Å²) in [6.07, 6.45) is 2.10.